The normalized spacial score (nSPS) is 16.5. The molecule has 1 aliphatic carbocycles. The first kappa shape index (κ1) is 11.5. The Bertz CT molecular complexity index is 543. The molecule has 1 aliphatic rings. The second-order valence-electron chi connectivity index (χ2n) is 5.30. The molecular weight excluding hydrogens is 242 g/mol. The SMILES string of the molecule is CC1(CNc2snc(N)c2-c2ccccc2)CC1. The van der Waals surface area contributed by atoms with Crippen LogP contribution in [0.4, 0.5) is 10.8 Å². The van der Waals surface area contributed by atoms with E-state index in [2.05, 4.69) is 28.7 Å². The van der Waals surface area contributed by atoms with Gasteiger partial charge < -0.3 is 11.1 Å². The van der Waals surface area contributed by atoms with Crippen molar-refractivity contribution in [2.45, 2.75) is 19.8 Å². The zero-order valence-electron chi connectivity index (χ0n) is 10.4. The summed E-state index contributed by atoms with van der Waals surface area (Å²) in [6, 6.07) is 10.2. The maximum Gasteiger partial charge on any atom is 0.147 e. The van der Waals surface area contributed by atoms with Crippen LogP contribution in [0, 0.1) is 5.41 Å². The maximum absolute atomic E-state index is 5.99. The van der Waals surface area contributed by atoms with Crippen molar-refractivity contribution in [1.82, 2.24) is 4.37 Å². The van der Waals surface area contributed by atoms with Crippen molar-refractivity contribution < 1.29 is 0 Å². The summed E-state index contributed by atoms with van der Waals surface area (Å²) in [6.45, 7) is 3.32. The van der Waals surface area contributed by atoms with Crippen LogP contribution >= 0.6 is 11.5 Å². The maximum atomic E-state index is 5.99. The molecule has 1 heterocycles. The fourth-order valence-corrected chi connectivity index (χ4v) is 2.72. The van der Waals surface area contributed by atoms with Gasteiger partial charge in [-0.2, -0.15) is 4.37 Å². The van der Waals surface area contributed by atoms with Crippen molar-refractivity contribution >= 4 is 22.4 Å². The minimum atomic E-state index is 0.479. The Hall–Kier alpha value is -1.55. The van der Waals surface area contributed by atoms with Crippen molar-refractivity contribution in [1.29, 1.82) is 0 Å². The molecule has 1 fully saturated rings. The Labute approximate surface area is 111 Å². The molecule has 0 bridgehead atoms. The summed E-state index contributed by atoms with van der Waals surface area (Å²) in [5, 5.41) is 4.60. The van der Waals surface area contributed by atoms with Gasteiger partial charge in [0, 0.05) is 6.54 Å². The van der Waals surface area contributed by atoms with E-state index in [1.807, 2.05) is 18.2 Å². The van der Waals surface area contributed by atoms with Gasteiger partial charge in [-0.3, -0.25) is 0 Å². The lowest BCUT2D eigenvalue weighted by Gasteiger charge is -2.11. The first-order valence-electron chi connectivity index (χ1n) is 6.22. The Balaban J connectivity index is 1.87. The highest BCUT2D eigenvalue weighted by atomic mass is 32.1. The van der Waals surface area contributed by atoms with E-state index in [1.165, 1.54) is 24.4 Å². The van der Waals surface area contributed by atoms with Crippen molar-refractivity contribution in [3.05, 3.63) is 30.3 Å². The number of aromatic nitrogens is 1. The molecule has 0 saturated heterocycles. The number of rotatable bonds is 4. The average molecular weight is 259 g/mol. The molecule has 0 spiro atoms. The largest absolute Gasteiger partial charge is 0.382 e. The summed E-state index contributed by atoms with van der Waals surface area (Å²) >= 11 is 1.45. The van der Waals surface area contributed by atoms with E-state index in [9.17, 15) is 0 Å². The topological polar surface area (TPSA) is 50.9 Å². The van der Waals surface area contributed by atoms with Gasteiger partial charge >= 0.3 is 0 Å². The van der Waals surface area contributed by atoms with Crippen LogP contribution in [0.2, 0.25) is 0 Å². The Morgan fingerprint density at radius 2 is 2.06 bits per heavy atom. The lowest BCUT2D eigenvalue weighted by atomic mass is 10.1. The highest BCUT2D eigenvalue weighted by Gasteiger charge is 2.37. The van der Waals surface area contributed by atoms with Crippen molar-refractivity contribution in [2.24, 2.45) is 5.41 Å². The van der Waals surface area contributed by atoms with E-state index < -0.39 is 0 Å². The molecule has 2 aromatic rings. The molecule has 1 aromatic heterocycles. The summed E-state index contributed by atoms with van der Waals surface area (Å²) in [5.74, 6) is 0.620. The Morgan fingerprint density at radius 3 is 2.72 bits per heavy atom. The van der Waals surface area contributed by atoms with Crippen LogP contribution in [0.25, 0.3) is 11.1 Å². The van der Waals surface area contributed by atoms with Crippen molar-refractivity contribution in [3.8, 4) is 11.1 Å². The molecule has 3 rings (SSSR count). The first-order valence-corrected chi connectivity index (χ1v) is 7.00. The zero-order valence-corrected chi connectivity index (χ0v) is 11.3. The van der Waals surface area contributed by atoms with Gasteiger partial charge in [-0.1, -0.05) is 37.3 Å². The van der Waals surface area contributed by atoms with Crippen LogP contribution in [0.1, 0.15) is 19.8 Å². The van der Waals surface area contributed by atoms with Crippen LogP contribution < -0.4 is 11.1 Å². The standard InChI is InChI=1S/C14H17N3S/c1-14(7-8-14)9-16-13-11(12(15)17-18-13)10-5-3-2-4-6-10/h2-6,16H,7-9H2,1H3,(H2,15,17). The number of benzene rings is 1. The van der Waals surface area contributed by atoms with Gasteiger partial charge in [-0.15, -0.1) is 0 Å². The van der Waals surface area contributed by atoms with Crippen LogP contribution in [0.15, 0.2) is 30.3 Å². The van der Waals surface area contributed by atoms with Crippen LogP contribution in [-0.4, -0.2) is 10.9 Å². The molecule has 3 nitrogen and oxygen atoms in total. The quantitative estimate of drug-likeness (QED) is 0.882. The number of nitrogens with one attached hydrogen (secondary N) is 1. The second-order valence-corrected chi connectivity index (χ2v) is 6.08. The molecule has 3 N–H and O–H groups in total. The van der Waals surface area contributed by atoms with Gasteiger partial charge in [0.15, 0.2) is 0 Å². The third-order valence-electron chi connectivity index (χ3n) is 3.56. The number of anilines is 2. The van der Waals surface area contributed by atoms with Crippen LogP contribution in [0.5, 0.6) is 0 Å². The summed E-state index contributed by atoms with van der Waals surface area (Å²) < 4.78 is 4.27. The van der Waals surface area contributed by atoms with E-state index >= 15 is 0 Å². The molecule has 1 aromatic carbocycles. The Morgan fingerprint density at radius 1 is 1.33 bits per heavy atom. The van der Waals surface area contributed by atoms with Crippen molar-refractivity contribution in [3.63, 3.8) is 0 Å². The van der Waals surface area contributed by atoms with Gasteiger partial charge in [0.25, 0.3) is 0 Å². The number of hydrogen-bond donors (Lipinski definition) is 2. The smallest absolute Gasteiger partial charge is 0.147 e. The molecular formula is C14H17N3S. The number of hydrogen-bond acceptors (Lipinski definition) is 4. The van der Waals surface area contributed by atoms with Crippen molar-refractivity contribution in [2.75, 3.05) is 17.6 Å². The molecule has 0 radical (unpaired) electrons. The van der Waals surface area contributed by atoms with Crippen LogP contribution in [0.3, 0.4) is 0 Å². The van der Waals surface area contributed by atoms with Gasteiger partial charge in [0.2, 0.25) is 0 Å². The summed E-state index contributed by atoms with van der Waals surface area (Å²) in [5.41, 5.74) is 8.64. The molecule has 0 unspecified atom stereocenters. The fraction of sp³-hybridized carbons (Fsp3) is 0.357. The van der Waals surface area contributed by atoms with Gasteiger partial charge in [-0.05, 0) is 35.4 Å². The summed E-state index contributed by atoms with van der Waals surface area (Å²) in [4.78, 5) is 0. The lowest BCUT2D eigenvalue weighted by molar-refractivity contribution is 0.611. The van der Waals surface area contributed by atoms with Gasteiger partial charge in [0.05, 0.1) is 5.56 Å². The molecule has 94 valence electrons. The highest BCUT2D eigenvalue weighted by Crippen LogP contribution is 2.46. The van der Waals surface area contributed by atoms with Gasteiger partial charge in [-0.25, -0.2) is 0 Å². The van der Waals surface area contributed by atoms with E-state index in [-0.39, 0.29) is 0 Å². The number of nitrogen functional groups attached to an aromatic ring is 1. The van der Waals surface area contributed by atoms with E-state index in [0.29, 0.717) is 11.2 Å². The third kappa shape index (κ3) is 2.20. The monoisotopic (exact) mass is 259 g/mol. The predicted octanol–water partition coefficient (Wildman–Crippen LogP) is 3.60. The molecule has 4 heteroatoms. The first-order chi connectivity index (χ1) is 8.68. The average Bonchev–Trinajstić information content (AvgIpc) is 3.00. The molecule has 0 aliphatic heterocycles. The second kappa shape index (κ2) is 4.28. The lowest BCUT2D eigenvalue weighted by Crippen LogP contribution is -2.11. The minimum Gasteiger partial charge on any atom is -0.382 e. The highest BCUT2D eigenvalue weighted by molar-refractivity contribution is 7.11. The molecule has 0 atom stereocenters. The summed E-state index contributed by atoms with van der Waals surface area (Å²) in [6.07, 6.45) is 2.63. The predicted molar refractivity (Wildman–Crippen MR) is 77.8 cm³/mol. The molecule has 18 heavy (non-hydrogen) atoms. The number of nitrogens with two attached hydrogens (primary N) is 1. The minimum absolute atomic E-state index is 0.479. The van der Waals surface area contributed by atoms with Crippen LogP contribution in [-0.2, 0) is 0 Å². The molecule has 1 saturated carbocycles. The van der Waals surface area contributed by atoms with E-state index in [4.69, 9.17) is 5.73 Å². The molecule has 0 amide bonds. The Kier molecular flexibility index (Phi) is 2.74. The van der Waals surface area contributed by atoms with E-state index in [0.717, 1.165) is 22.7 Å². The van der Waals surface area contributed by atoms with E-state index in [1.54, 1.807) is 0 Å². The summed E-state index contributed by atoms with van der Waals surface area (Å²) in [7, 11) is 0. The number of nitrogens with zero attached hydrogens (tertiary/aromatic N) is 1. The zero-order chi connectivity index (χ0) is 12.6. The third-order valence-corrected chi connectivity index (χ3v) is 4.38. The van der Waals surface area contributed by atoms with Gasteiger partial charge in [0.1, 0.15) is 10.8 Å². The fourth-order valence-electron chi connectivity index (χ4n) is 1.99.